The molecule has 0 aromatic heterocycles. The Balaban J connectivity index is 0.00000442. The number of carbonyl (C=O) groups is 2. The van der Waals surface area contributed by atoms with Gasteiger partial charge in [-0.2, -0.15) is 0 Å². The van der Waals surface area contributed by atoms with Gasteiger partial charge in [-0.1, -0.05) is 78.3 Å². The fourth-order valence-corrected chi connectivity index (χ4v) is 4.79. The summed E-state index contributed by atoms with van der Waals surface area (Å²) in [4.78, 5) is 26.2. The summed E-state index contributed by atoms with van der Waals surface area (Å²) in [6.07, 6.45) is 0. The normalized spacial score (nSPS) is 10.5. The van der Waals surface area contributed by atoms with Gasteiger partial charge < -0.3 is 15.8 Å². The number of imide groups is 1. The first kappa shape index (κ1) is 32.4. The van der Waals surface area contributed by atoms with Crippen LogP contribution in [0, 0.1) is 5.82 Å². The van der Waals surface area contributed by atoms with Crippen molar-refractivity contribution in [2.75, 3.05) is 6.54 Å². The van der Waals surface area contributed by atoms with Gasteiger partial charge in [0, 0.05) is 40.9 Å². The molecule has 4 N–H and O–H groups in total. The molecule has 5 aromatic rings. The average Bonchev–Trinajstić information content (AvgIpc) is 3.02. The molecular weight excluding hydrogens is 600 g/mol. The van der Waals surface area contributed by atoms with Gasteiger partial charge in [-0.25, -0.2) is 4.39 Å². The molecule has 0 aliphatic heterocycles. The highest BCUT2D eigenvalue weighted by Gasteiger charge is 2.20. The number of ether oxygens (including phenoxy) is 1. The number of hydrogen-bond acceptors (Lipinski definition) is 5. The van der Waals surface area contributed by atoms with Gasteiger partial charge in [0.25, 0.3) is 5.91 Å². The van der Waals surface area contributed by atoms with Crippen molar-refractivity contribution in [3.8, 4) is 33.8 Å². The monoisotopic (exact) mass is 629 g/mol. The third-order valence-electron chi connectivity index (χ3n) is 6.78. The SMILES string of the molecule is Cl.NCc1cccc(Oc2cc(Cl)ccc2-c2cc(-c3ccccc3)ccc2C(=O)NC(=O)CNCc2ccccc2F)c1. The lowest BCUT2D eigenvalue weighted by atomic mass is 9.93. The summed E-state index contributed by atoms with van der Waals surface area (Å²) in [6.45, 7) is 0.318. The highest BCUT2D eigenvalue weighted by molar-refractivity contribution is 6.30. The first-order valence-corrected chi connectivity index (χ1v) is 14.0. The maximum atomic E-state index is 13.9. The Kier molecular flexibility index (Phi) is 11.2. The predicted octanol–water partition coefficient (Wildman–Crippen LogP) is 7.53. The van der Waals surface area contributed by atoms with Crippen LogP contribution in [0.3, 0.4) is 0 Å². The van der Waals surface area contributed by atoms with Crippen molar-refractivity contribution < 1.29 is 18.7 Å². The lowest BCUT2D eigenvalue weighted by Crippen LogP contribution is -2.37. The first-order valence-electron chi connectivity index (χ1n) is 13.7. The molecule has 0 radical (unpaired) electrons. The van der Waals surface area contributed by atoms with Crippen LogP contribution in [0.2, 0.25) is 5.02 Å². The lowest BCUT2D eigenvalue weighted by molar-refractivity contribution is -0.119. The van der Waals surface area contributed by atoms with E-state index in [0.29, 0.717) is 39.8 Å². The van der Waals surface area contributed by atoms with E-state index < -0.39 is 11.8 Å². The zero-order chi connectivity index (χ0) is 30.2. The van der Waals surface area contributed by atoms with E-state index in [4.69, 9.17) is 22.1 Å². The van der Waals surface area contributed by atoms with Crippen LogP contribution in [0.1, 0.15) is 21.5 Å². The van der Waals surface area contributed by atoms with E-state index in [9.17, 15) is 14.0 Å². The second kappa shape index (κ2) is 15.3. The molecule has 44 heavy (non-hydrogen) atoms. The standard InChI is InChI=1S/C35H29ClFN3O3.ClH/c36-27-14-16-29(33(19-27)43-28-11-6-7-23(17-28)20-38)31-18-25(24-8-2-1-3-9-24)13-15-30(31)35(42)40-34(41)22-39-21-26-10-4-5-12-32(26)37;/h1-19,39H,20-22,38H2,(H,40,41,42);1H. The molecule has 0 heterocycles. The number of nitrogens with two attached hydrogens (primary N) is 1. The van der Waals surface area contributed by atoms with Gasteiger partial charge in [0.1, 0.15) is 17.3 Å². The Labute approximate surface area is 266 Å². The molecule has 224 valence electrons. The van der Waals surface area contributed by atoms with Crippen molar-refractivity contribution in [3.63, 3.8) is 0 Å². The number of amides is 2. The summed E-state index contributed by atoms with van der Waals surface area (Å²) >= 11 is 6.38. The minimum Gasteiger partial charge on any atom is -0.457 e. The highest BCUT2D eigenvalue weighted by atomic mass is 35.5. The van der Waals surface area contributed by atoms with E-state index >= 15 is 0 Å². The van der Waals surface area contributed by atoms with E-state index in [-0.39, 0.29) is 36.9 Å². The Morgan fingerprint density at radius 3 is 2.34 bits per heavy atom. The fourth-order valence-electron chi connectivity index (χ4n) is 4.63. The van der Waals surface area contributed by atoms with Crippen LogP contribution >= 0.6 is 24.0 Å². The Hall–Kier alpha value is -4.53. The molecular formula is C35H30Cl2FN3O3. The second-order valence-electron chi connectivity index (χ2n) is 9.79. The molecule has 0 atom stereocenters. The zero-order valence-corrected chi connectivity index (χ0v) is 25.1. The molecule has 0 aliphatic carbocycles. The summed E-state index contributed by atoms with van der Waals surface area (Å²) < 4.78 is 20.2. The van der Waals surface area contributed by atoms with Crippen molar-refractivity contribution in [2.24, 2.45) is 5.73 Å². The van der Waals surface area contributed by atoms with Gasteiger partial charge in [0.05, 0.1) is 6.54 Å². The molecule has 0 bridgehead atoms. The maximum absolute atomic E-state index is 13.9. The molecule has 0 spiro atoms. The average molecular weight is 631 g/mol. The summed E-state index contributed by atoms with van der Waals surface area (Å²) in [5, 5.41) is 5.78. The van der Waals surface area contributed by atoms with E-state index in [2.05, 4.69) is 10.6 Å². The molecule has 9 heteroatoms. The van der Waals surface area contributed by atoms with E-state index in [0.717, 1.165) is 16.7 Å². The minimum absolute atomic E-state index is 0. The third kappa shape index (κ3) is 8.09. The topological polar surface area (TPSA) is 93.4 Å². The quantitative estimate of drug-likeness (QED) is 0.148. The third-order valence-corrected chi connectivity index (χ3v) is 7.01. The molecule has 5 rings (SSSR count). The maximum Gasteiger partial charge on any atom is 0.258 e. The summed E-state index contributed by atoms with van der Waals surface area (Å²) in [6, 6.07) is 34.0. The molecule has 5 aromatic carbocycles. The predicted molar refractivity (Wildman–Crippen MR) is 175 cm³/mol. The first-order chi connectivity index (χ1) is 20.9. The van der Waals surface area contributed by atoms with Crippen LogP contribution in [-0.2, 0) is 17.9 Å². The summed E-state index contributed by atoms with van der Waals surface area (Å²) in [5.41, 5.74) is 10.4. The van der Waals surface area contributed by atoms with Crippen LogP contribution in [-0.4, -0.2) is 18.4 Å². The Bertz CT molecular complexity index is 1770. The van der Waals surface area contributed by atoms with Crippen LogP contribution in [0.15, 0.2) is 115 Å². The Morgan fingerprint density at radius 2 is 1.57 bits per heavy atom. The van der Waals surface area contributed by atoms with Crippen molar-refractivity contribution in [1.29, 1.82) is 0 Å². The van der Waals surface area contributed by atoms with E-state index in [1.807, 2.05) is 66.7 Å². The summed E-state index contributed by atoms with van der Waals surface area (Å²) in [7, 11) is 0. The number of benzene rings is 5. The number of nitrogens with one attached hydrogen (secondary N) is 2. The molecule has 0 aliphatic rings. The van der Waals surface area contributed by atoms with Crippen molar-refractivity contribution >= 4 is 35.8 Å². The van der Waals surface area contributed by atoms with Crippen LogP contribution in [0.4, 0.5) is 4.39 Å². The second-order valence-corrected chi connectivity index (χ2v) is 10.2. The van der Waals surface area contributed by atoms with Crippen LogP contribution < -0.4 is 21.1 Å². The van der Waals surface area contributed by atoms with Gasteiger partial charge in [-0.3, -0.25) is 14.9 Å². The van der Waals surface area contributed by atoms with Crippen molar-refractivity contribution in [2.45, 2.75) is 13.1 Å². The number of hydrogen-bond donors (Lipinski definition) is 3. The van der Waals surface area contributed by atoms with Crippen molar-refractivity contribution in [3.05, 3.63) is 143 Å². The van der Waals surface area contributed by atoms with Gasteiger partial charge in [-0.05, 0) is 64.7 Å². The Morgan fingerprint density at radius 1 is 0.795 bits per heavy atom. The summed E-state index contributed by atoms with van der Waals surface area (Å²) in [5.74, 6) is -0.513. The molecule has 2 amide bonds. The van der Waals surface area contributed by atoms with Gasteiger partial charge in [0.15, 0.2) is 0 Å². The molecule has 0 fully saturated rings. The smallest absolute Gasteiger partial charge is 0.258 e. The lowest BCUT2D eigenvalue weighted by Gasteiger charge is -2.17. The van der Waals surface area contributed by atoms with E-state index in [1.54, 1.807) is 42.5 Å². The minimum atomic E-state index is -0.585. The zero-order valence-electron chi connectivity index (χ0n) is 23.6. The molecule has 0 saturated carbocycles. The van der Waals surface area contributed by atoms with Crippen LogP contribution in [0.5, 0.6) is 11.5 Å². The van der Waals surface area contributed by atoms with Gasteiger partial charge >= 0.3 is 0 Å². The number of carbonyl (C=O) groups excluding carboxylic acids is 2. The number of rotatable bonds is 10. The highest BCUT2D eigenvalue weighted by Crippen LogP contribution is 2.39. The van der Waals surface area contributed by atoms with E-state index in [1.165, 1.54) is 6.07 Å². The largest absolute Gasteiger partial charge is 0.457 e. The fraction of sp³-hybridized carbons (Fsp3) is 0.0857. The van der Waals surface area contributed by atoms with Gasteiger partial charge in [0.2, 0.25) is 5.91 Å². The molecule has 0 saturated heterocycles. The number of halogens is 3. The molecule has 0 unspecified atom stereocenters. The van der Waals surface area contributed by atoms with Gasteiger partial charge in [-0.15, -0.1) is 12.4 Å². The van der Waals surface area contributed by atoms with Crippen LogP contribution in [0.25, 0.3) is 22.3 Å². The molecule has 6 nitrogen and oxygen atoms in total. The van der Waals surface area contributed by atoms with Crippen molar-refractivity contribution in [1.82, 2.24) is 10.6 Å².